The third kappa shape index (κ3) is 6.17. The summed E-state index contributed by atoms with van der Waals surface area (Å²) >= 11 is 0. The van der Waals surface area contributed by atoms with Crippen molar-refractivity contribution in [3.05, 3.63) is 23.8 Å². The van der Waals surface area contributed by atoms with Crippen LogP contribution in [0.4, 0.5) is 0 Å². The number of rotatable bonds is 5. The molecular formula is C11H21N. The molecule has 0 aliphatic rings. The Kier molecular flexibility index (Phi) is 6.78. The third-order valence-corrected chi connectivity index (χ3v) is 1.69. The lowest BCUT2D eigenvalue weighted by atomic mass is 10.1. The SMILES string of the molecule is C/C=C(\C=C/CC(C)C)CNC. The highest BCUT2D eigenvalue weighted by atomic mass is 14.8. The Morgan fingerprint density at radius 3 is 2.50 bits per heavy atom. The van der Waals surface area contributed by atoms with Gasteiger partial charge in [0.25, 0.3) is 0 Å². The number of nitrogens with one attached hydrogen (secondary N) is 1. The molecule has 0 saturated carbocycles. The molecule has 0 fully saturated rings. The fourth-order valence-corrected chi connectivity index (χ4v) is 0.953. The van der Waals surface area contributed by atoms with Crippen molar-refractivity contribution in [2.24, 2.45) is 5.92 Å². The predicted octanol–water partition coefficient (Wildman–Crippen LogP) is 2.75. The van der Waals surface area contributed by atoms with Crippen molar-refractivity contribution >= 4 is 0 Å². The van der Waals surface area contributed by atoms with Crippen LogP contribution in [0.5, 0.6) is 0 Å². The molecule has 0 bridgehead atoms. The van der Waals surface area contributed by atoms with Crippen molar-refractivity contribution in [3.8, 4) is 0 Å². The normalized spacial score (nSPS) is 13.2. The maximum absolute atomic E-state index is 3.14. The molecule has 1 nitrogen and oxygen atoms in total. The lowest BCUT2D eigenvalue weighted by Gasteiger charge is -2.00. The van der Waals surface area contributed by atoms with Gasteiger partial charge in [-0.2, -0.15) is 0 Å². The summed E-state index contributed by atoms with van der Waals surface area (Å²) in [6.45, 7) is 7.51. The minimum absolute atomic E-state index is 0.758. The van der Waals surface area contributed by atoms with Crippen LogP contribution in [0.25, 0.3) is 0 Å². The van der Waals surface area contributed by atoms with Gasteiger partial charge in [-0.25, -0.2) is 0 Å². The van der Waals surface area contributed by atoms with E-state index in [9.17, 15) is 0 Å². The van der Waals surface area contributed by atoms with Gasteiger partial charge in [-0.05, 0) is 31.9 Å². The Morgan fingerprint density at radius 2 is 2.08 bits per heavy atom. The van der Waals surface area contributed by atoms with Crippen LogP contribution in [0.15, 0.2) is 23.8 Å². The zero-order valence-electron chi connectivity index (χ0n) is 8.72. The Balaban J connectivity index is 3.78. The van der Waals surface area contributed by atoms with Crippen molar-refractivity contribution in [2.45, 2.75) is 27.2 Å². The van der Waals surface area contributed by atoms with Gasteiger partial charge in [0.15, 0.2) is 0 Å². The molecule has 12 heavy (non-hydrogen) atoms. The largest absolute Gasteiger partial charge is 0.316 e. The number of hydrogen-bond donors (Lipinski definition) is 1. The Hall–Kier alpha value is -0.560. The lowest BCUT2D eigenvalue weighted by molar-refractivity contribution is 0.663. The summed E-state index contributed by atoms with van der Waals surface area (Å²) in [7, 11) is 1.97. The molecule has 70 valence electrons. The van der Waals surface area contributed by atoms with E-state index in [1.807, 2.05) is 7.05 Å². The fourth-order valence-electron chi connectivity index (χ4n) is 0.953. The molecule has 0 rings (SSSR count). The third-order valence-electron chi connectivity index (χ3n) is 1.69. The molecule has 0 atom stereocenters. The molecule has 0 spiro atoms. The molecule has 1 N–H and O–H groups in total. The highest BCUT2D eigenvalue weighted by Gasteiger charge is 1.89. The van der Waals surface area contributed by atoms with Gasteiger partial charge in [-0.3, -0.25) is 0 Å². The van der Waals surface area contributed by atoms with E-state index in [2.05, 4.69) is 44.3 Å². The van der Waals surface area contributed by atoms with E-state index >= 15 is 0 Å². The highest BCUT2D eigenvalue weighted by Crippen LogP contribution is 2.02. The van der Waals surface area contributed by atoms with Crippen molar-refractivity contribution in [1.82, 2.24) is 5.32 Å². The van der Waals surface area contributed by atoms with Crippen LogP contribution in [0, 0.1) is 5.92 Å². The van der Waals surface area contributed by atoms with Crippen LogP contribution >= 0.6 is 0 Å². The molecular weight excluding hydrogens is 146 g/mol. The molecule has 0 aromatic rings. The summed E-state index contributed by atoms with van der Waals surface area (Å²) in [6, 6.07) is 0. The second-order valence-corrected chi connectivity index (χ2v) is 3.43. The number of likely N-dealkylation sites (N-methyl/N-ethyl adjacent to an activating group) is 1. The van der Waals surface area contributed by atoms with E-state index in [0.29, 0.717) is 0 Å². The first kappa shape index (κ1) is 11.4. The van der Waals surface area contributed by atoms with Gasteiger partial charge in [0.05, 0.1) is 0 Å². The Morgan fingerprint density at radius 1 is 1.42 bits per heavy atom. The van der Waals surface area contributed by atoms with Crippen molar-refractivity contribution in [1.29, 1.82) is 0 Å². The molecule has 0 unspecified atom stereocenters. The van der Waals surface area contributed by atoms with Crippen LogP contribution in [-0.4, -0.2) is 13.6 Å². The van der Waals surface area contributed by atoms with Gasteiger partial charge in [0.2, 0.25) is 0 Å². The highest BCUT2D eigenvalue weighted by molar-refractivity contribution is 5.19. The zero-order valence-corrected chi connectivity index (χ0v) is 8.72. The summed E-state index contributed by atoms with van der Waals surface area (Å²) in [4.78, 5) is 0. The van der Waals surface area contributed by atoms with E-state index in [1.165, 1.54) is 12.0 Å². The van der Waals surface area contributed by atoms with Gasteiger partial charge in [0.1, 0.15) is 0 Å². The summed E-state index contributed by atoms with van der Waals surface area (Å²) in [5.41, 5.74) is 1.36. The second-order valence-electron chi connectivity index (χ2n) is 3.43. The first-order valence-corrected chi connectivity index (χ1v) is 4.67. The standard InChI is InChI=1S/C11H21N/c1-5-11(9-12-4)8-6-7-10(2)3/h5-6,8,10,12H,7,9H2,1-4H3/b8-6-,11-5+. The monoisotopic (exact) mass is 167 g/mol. The van der Waals surface area contributed by atoms with Crippen LogP contribution in [0.1, 0.15) is 27.2 Å². The fraction of sp³-hybridized carbons (Fsp3) is 0.636. The summed E-state index contributed by atoms with van der Waals surface area (Å²) < 4.78 is 0. The minimum Gasteiger partial charge on any atom is -0.316 e. The molecule has 1 heteroatoms. The van der Waals surface area contributed by atoms with E-state index in [4.69, 9.17) is 0 Å². The summed E-state index contributed by atoms with van der Waals surface area (Å²) in [5.74, 6) is 0.758. The summed E-state index contributed by atoms with van der Waals surface area (Å²) in [5, 5.41) is 3.14. The number of hydrogen-bond acceptors (Lipinski definition) is 1. The quantitative estimate of drug-likeness (QED) is 0.621. The maximum Gasteiger partial charge on any atom is 0.0199 e. The van der Waals surface area contributed by atoms with Gasteiger partial charge < -0.3 is 5.32 Å². The molecule has 0 aromatic carbocycles. The Labute approximate surface area is 76.6 Å². The topological polar surface area (TPSA) is 12.0 Å². The molecule has 0 heterocycles. The maximum atomic E-state index is 3.14. The first-order valence-electron chi connectivity index (χ1n) is 4.67. The number of allylic oxidation sites excluding steroid dienone is 2. The van der Waals surface area contributed by atoms with E-state index < -0.39 is 0 Å². The van der Waals surface area contributed by atoms with E-state index in [-0.39, 0.29) is 0 Å². The zero-order chi connectivity index (χ0) is 9.40. The molecule has 0 aromatic heterocycles. The van der Waals surface area contributed by atoms with Gasteiger partial charge in [-0.1, -0.05) is 32.1 Å². The predicted molar refractivity (Wildman–Crippen MR) is 56.3 cm³/mol. The van der Waals surface area contributed by atoms with Crippen LogP contribution < -0.4 is 5.32 Å². The van der Waals surface area contributed by atoms with Crippen molar-refractivity contribution in [2.75, 3.05) is 13.6 Å². The van der Waals surface area contributed by atoms with E-state index in [0.717, 1.165) is 12.5 Å². The van der Waals surface area contributed by atoms with Crippen LogP contribution in [-0.2, 0) is 0 Å². The van der Waals surface area contributed by atoms with E-state index in [1.54, 1.807) is 0 Å². The van der Waals surface area contributed by atoms with Crippen LogP contribution in [0.2, 0.25) is 0 Å². The summed E-state index contributed by atoms with van der Waals surface area (Å²) in [6.07, 6.45) is 7.77. The minimum atomic E-state index is 0.758. The van der Waals surface area contributed by atoms with Gasteiger partial charge in [0, 0.05) is 6.54 Å². The van der Waals surface area contributed by atoms with Gasteiger partial charge in [-0.15, -0.1) is 0 Å². The Bertz CT molecular complexity index is 154. The molecule has 0 radical (unpaired) electrons. The second kappa shape index (κ2) is 7.11. The average molecular weight is 167 g/mol. The first-order chi connectivity index (χ1) is 5.70. The van der Waals surface area contributed by atoms with Crippen molar-refractivity contribution in [3.63, 3.8) is 0 Å². The average Bonchev–Trinajstić information content (AvgIpc) is 2.02. The van der Waals surface area contributed by atoms with Gasteiger partial charge >= 0.3 is 0 Å². The van der Waals surface area contributed by atoms with Crippen LogP contribution in [0.3, 0.4) is 0 Å². The molecule has 0 aliphatic heterocycles. The van der Waals surface area contributed by atoms with Crippen molar-refractivity contribution < 1.29 is 0 Å². The lowest BCUT2D eigenvalue weighted by Crippen LogP contribution is -2.08. The molecule has 0 amide bonds. The smallest absolute Gasteiger partial charge is 0.0199 e. The molecule has 0 saturated heterocycles. The molecule has 0 aliphatic carbocycles.